The van der Waals surface area contributed by atoms with Gasteiger partial charge in [-0.3, -0.25) is 0 Å². The van der Waals surface area contributed by atoms with Gasteiger partial charge in [0.05, 0.1) is 0 Å². The molecule has 4 heteroatoms. The second-order valence-electron chi connectivity index (χ2n) is 3.14. The highest BCUT2D eigenvalue weighted by atomic mass is 35.5. The summed E-state index contributed by atoms with van der Waals surface area (Å²) in [7, 11) is 0. The molecule has 0 amide bonds. The molecule has 1 fully saturated rings. The molecular weight excluding hydrogens is 192 g/mol. The van der Waals surface area contributed by atoms with Crippen molar-refractivity contribution in [1.82, 2.24) is 4.98 Å². The van der Waals surface area contributed by atoms with E-state index in [1.165, 1.54) is 12.8 Å². The van der Waals surface area contributed by atoms with E-state index in [2.05, 4.69) is 16.8 Å². The molecule has 2 rings (SSSR count). The molecule has 1 atom stereocenters. The van der Waals surface area contributed by atoms with Gasteiger partial charge < -0.3 is 4.90 Å². The fourth-order valence-corrected chi connectivity index (χ4v) is 2.67. The molecule has 1 saturated heterocycles. The molecule has 0 aromatic carbocycles. The Morgan fingerprint density at radius 3 is 3.08 bits per heavy atom. The highest BCUT2D eigenvalue weighted by Gasteiger charge is 2.22. The smallest absolute Gasteiger partial charge is 0.186 e. The third-order valence-corrected chi connectivity index (χ3v) is 3.46. The molecule has 0 aliphatic carbocycles. The Balaban J connectivity index is 2.19. The van der Waals surface area contributed by atoms with Crippen LogP contribution >= 0.6 is 22.9 Å². The first kappa shape index (κ1) is 8.32. The van der Waals surface area contributed by atoms with Crippen LogP contribution in [0, 0.1) is 0 Å². The van der Waals surface area contributed by atoms with Gasteiger partial charge >= 0.3 is 0 Å². The van der Waals surface area contributed by atoms with Crippen molar-refractivity contribution in [2.75, 3.05) is 11.4 Å². The topological polar surface area (TPSA) is 16.1 Å². The van der Waals surface area contributed by atoms with Crippen LogP contribution in [0.15, 0.2) is 5.38 Å². The van der Waals surface area contributed by atoms with Gasteiger partial charge in [-0.15, -0.1) is 11.3 Å². The molecule has 2 heterocycles. The molecule has 66 valence electrons. The number of thiazole rings is 1. The average molecular weight is 203 g/mol. The van der Waals surface area contributed by atoms with Crippen molar-refractivity contribution in [2.45, 2.75) is 25.8 Å². The molecule has 12 heavy (non-hydrogen) atoms. The van der Waals surface area contributed by atoms with Gasteiger partial charge in [-0.05, 0) is 19.8 Å². The monoisotopic (exact) mass is 202 g/mol. The van der Waals surface area contributed by atoms with Gasteiger partial charge in [-0.1, -0.05) is 11.6 Å². The number of hydrogen-bond donors (Lipinski definition) is 0. The SMILES string of the molecule is CC1CCCN1c1nc(Cl)cs1. The maximum absolute atomic E-state index is 5.76. The van der Waals surface area contributed by atoms with Crippen LogP contribution in [0.1, 0.15) is 19.8 Å². The summed E-state index contributed by atoms with van der Waals surface area (Å²) in [5, 5.41) is 3.58. The van der Waals surface area contributed by atoms with Gasteiger partial charge in [-0.2, -0.15) is 0 Å². The Bertz CT molecular complexity index is 274. The second-order valence-corrected chi connectivity index (χ2v) is 4.36. The van der Waals surface area contributed by atoms with Gasteiger partial charge in [-0.25, -0.2) is 4.98 Å². The predicted molar refractivity (Wildman–Crippen MR) is 53.2 cm³/mol. The molecule has 1 aromatic rings. The molecule has 0 N–H and O–H groups in total. The van der Waals surface area contributed by atoms with E-state index in [0.717, 1.165) is 11.7 Å². The van der Waals surface area contributed by atoms with E-state index in [0.29, 0.717) is 11.2 Å². The molecule has 0 spiro atoms. The summed E-state index contributed by atoms with van der Waals surface area (Å²) in [6.45, 7) is 3.37. The van der Waals surface area contributed by atoms with E-state index in [-0.39, 0.29) is 0 Å². The lowest BCUT2D eigenvalue weighted by Gasteiger charge is -2.19. The van der Waals surface area contributed by atoms with E-state index in [1.807, 2.05) is 5.38 Å². The van der Waals surface area contributed by atoms with Crippen LogP contribution in [-0.2, 0) is 0 Å². The molecule has 0 bridgehead atoms. The van der Waals surface area contributed by atoms with Crippen molar-refractivity contribution in [3.05, 3.63) is 10.5 Å². The highest BCUT2D eigenvalue weighted by Crippen LogP contribution is 2.29. The minimum Gasteiger partial charge on any atom is -0.345 e. The van der Waals surface area contributed by atoms with Crippen LogP contribution in [0.3, 0.4) is 0 Å². The first-order chi connectivity index (χ1) is 5.77. The summed E-state index contributed by atoms with van der Waals surface area (Å²) in [6, 6.07) is 0.632. The molecule has 1 aromatic heterocycles. The Morgan fingerprint density at radius 1 is 1.75 bits per heavy atom. The standard InChI is InChI=1S/C8H11ClN2S/c1-6-3-2-4-11(6)8-10-7(9)5-12-8/h5-6H,2-4H2,1H3. The molecule has 1 aliphatic rings. The summed E-state index contributed by atoms with van der Waals surface area (Å²) in [6.07, 6.45) is 2.55. The first-order valence-corrected chi connectivity index (χ1v) is 5.41. The van der Waals surface area contributed by atoms with Crippen LogP contribution in [0.2, 0.25) is 5.15 Å². The summed E-state index contributed by atoms with van der Waals surface area (Å²) in [4.78, 5) is 6.58. The normalized spacial score (nSPS) is 23.5. The predicted octanol–water partition coefficient (Wildman–Crippen LogP) is 2.79. The summed E-state index contributed by atoms with van der Waals surface area (Å²) in [5.74, 6) is 0. The van der Waals surface area contributed by atoms with Crippen LogP contribution in [0.25, 0.3) is 0 Å². The molecule has 0 saturated carbocycles. The van der Waals surface area contributed by atoms with E-state index < -0.39 is 0 Å². The lowest BCUT2D eigenvalue weighted by atomic mass is 10.2. The third kappa shape index (κ3) is 1.43. The summed E-state index contributed by atoms with van der Waals surface area (Å²) in [5.41, 5.74) is 0. The van der Waals surface area contributed by atoms with Crippen molar-refractivity contribution >= 4 is 28.1 Å². The molecule has 1 unspecified atom stereocenters. The minimum absolute atomic E-state index is 0.620. The van der Waals surface area contributed by atoms with E-state index >= 15 is 0 Å². The number of halogens is 1. The van der Waals surface area contributed by atoms with Crippen molar-refractivity contribution in [3.63, 3.8) is 0 Å². The second kappa shape index (κ2) is 3.23. The van der Waals surface area contributed by atoms with Crippen molar-refractivity contribution in [2.24, 2.45) is 0 Å². The zero-order valence-corrected chi connectivity index (χ0v) is 8.53. The van der Waals surface area contributed by atoms with Crippen molar-refractivity contribution < 1.29 is 0 Å². The van der Waals surface area contributed by atoms with E-state index in [1.54, 1.807) is 11.3 Å². The number of hydrogen-bond acceptors (Lipinski definition) is 3. The maximum atomic E-state index is 5.76. The van der Waals surface area contributed by atoms with Crippen LogP contribution < -0.4 is 4.90 Å². The quantitative estimate of drug-likeness (QED) is 0.696. The molecule has 0 radical (unpaired) electrons. The van der Waals surface area contributed by atoms with Gasteiger partial charge in [0.25, 0.3) is 0 Å². The van der Waals surface area contributed by atoms with Crippen LogP contribution in [0.4, 0.5) is 5.13 Å². The molecular formula is C8H11ClN2S. The van der Waals surface area contributed by atoms with E-state index in [9.17, 15) is 0 Å². The Morgan fingerprint density at radius 2 is 2.58 bits per heavy atom. The first-order valence-electron chi connectivity index (χ1n) is 4.15. The minimum atomic E-state index is 0.620. The van der Waals surface area contributed by atoms with Crippen molar-refractivity contribution in [3.8, 4) is 0 Å². The summed E-state index contributed by atoms with van der Waals surface area (Å²) >= 11 is 7.39. The van der Waals surface area contributed by atoms with Gasteiger partial charge in [0.15, 0.2) is 5.13 Å². The Hall–Kier alpha value is -0.280. The van der Waals surface area contributed by atoms with E-state index in [4.69, 9.17) is 11.6 Å². The average Bonchev–Trinajstić information content (AvgIpc) is 2.58. The van der Waals surface area contributed by atoms with Crippen LogP contribution in [0.5, 0.6) is 0 Å². The lowest BCUT2D eigenvalue weighted by molar-refractivity contribution is 0.733. The molecule has 2 nitrogen and oxygen atoms in total. The van der Waals surface area contributed by atoms with Gasteiger partial charge in [0, 0.05) is 18.0 Å². The number of rotatable bonds is 1. The Kier molecular flexibility index (Phi) is 2.24. The fraction of sp³-hybridized carbons (Fsp3) is 0.625. The summed E-state index contributed by atoms with van der Waals surface area (Å²) < 4.78 is 0. The zero-order valence-electron chi connectivity index (χ0n) is 6.96. The highest BCUT2D eigenvalue weighted by molar-refractivity contribution is 7.14. The zero-order chi connectivity index (χ0) is 8.55. The largest absolute Gasteiger partial charge is 0.345 e. The van der Waals surface area contributed by atoms with Crippen LogP contribution in [-0.4, -0.2) is 17.6 Å². The number of nitrogens with zero attached hydrogens (tertiary/aromatic N) is 2. The van der Waals surface area contributed by atoms with Gasteiger partial charge in [0.1, 0.15) is 5.15 Å². The Labute approximate surface area is 81.2 Å². The van der Waals surface area contributed by atoms with Gasteiger partial charge in [0.2, 0.25) is 0 Å². The number of aromatic nitrogens is 1. The fourth-order valence-electron chi connectivity index (χ4n) is 1.59. The third-order valence-electron chi connectivity index (χ3n) is 2.26. The molecule has 1 aliphatic heterocycles. The van der Waals surface area contributed by atoms with Crippen molar-refractivity contribution in [1.29, 1.82) is 0 Å². The lowest BCUT2D eigenvalue weighted by Crippen LogP contribution is -2.25. The number of anilines is 1. The maximum Gasteiger partial charge on any atom is 0.186 e.